The summed E-state index contributed by atoms with van der Waals surface area (Å²) in [7, 11) is 6.86. The molecule has 0 bridgehead atoms. The van der Waals surface area contributed by atoms with Gasteiger partial charge in [-0.3, -0.25) is 0 Å². The molecular weight excluding hydrogens is 837 g/mol. The van der Waals surface area contributed by atoms with Crippen LogP contribution in [-0.4, -0.2) is 143 Å². The summed E-state index contributed by atoms with van der Waals surface area (Å²) >= 11 is 0. The van der Waals surface area contributed by atoms with Gasteiger partial charge in [0.05, 0.1) is 42.2 Å². The second-order valence-corrected chi connectivity index (χ2v) is 15.9. The average Bonchev–Trinajstić information content (AvgIpc) is 3.27. The molecule has 0 aromatic carbocycles. The highest BCUT2D eigenvalue weighted by molar-refractivity contribution is 4.56. The van der Waals surface area contributed by atoms with E-state index in [4.69, 9.17) is 47.4 Å². The van der Waals surface area contributed by atoms with E-state index in [1.807, 2.05) is 104 Å². The maximum Gasteiger partial charge on any atom is 0.0598 e. The van der Waals surface area contributed by atoms with Crippen LogP contribution in [0.2, 0.25) is 0 Å². The fraction of sp³-hybridized carbons (Fsp3) is 1.00. The van der Waals surface area contributed by atoms with Gasteiger partial charge in [-0.15, -0.1) is 0 Å². The molecule has 0 fully saturated rings. The zero-order valence-corrected chi connectivity index (χ0v) is 51.2. The van der Waals surface area contributed by atoms with Gasteiger partial charge in [0.15, 0.2) is 0 Å². The Kier molecular flexibility index (Phi) is 131. The van der Waals surface area contributed by atoms with Gasteiger partial charge in [0.1, 0.15) is 0 Å². The zero-order chi connectivity index (χ0) is 54.5. The molecule has 418 valence electrons. The maximum atomic E-state index is 5.23. The van der Waals surface area contributed by atoms with Crippen molar-refractivity contribution in [3.05, 3.63) is 0 Å². The summed E-state index contributed by atoms with van der Waals surface area (Å²) in [4.78, 5) is 0. The van der Waals surface area contributed by atoms with Crippen molar-refractivity contribution in [2.45, 2.75) is 267 Å². The van der Waals surface area contributed by atoms with E-state index >= 15 is 0 Å². The summed E-state index contributed by atoms with van der Waals surface area (Å²) in [5, 5.41) is 0. The van der Waals surface area contributed by atoms with Crippen LogP contribution >= 0.6 is 0 Å². The molecule has 66 heavy (non-hydrogen) atoms. The van der Waals surface area contributed by atoms with Gasteiger partial charge < -0.3 is 52.1 Å². The molecule has 3 atom stereocenters. The number of hydrogen-bond acceptors (Lipinski definition) is 11. The number of methoxy groups -OCH3 is 4. The third-order valence-corrected chi connectivity index (χ3v) is 7.25. The molecule has 0 aliphatic heterocycles. The lowest BCUT2D eigenvalue weighted by atomic mass is 10.2. The summed E-state index contributed by atoms with van der Waals surface area (Å²) in [6.07, 6.45) is 10.7. The molecule has 0 heterocycles. The molecule has 0 aromatic heterocycles. The second kappa shape index (κ2) is 94.4. The highest BCUT2D eigenvalue weighted by Gasteiger charge is 2.06. The van der Waals surface area contributed by atoms with Gasteiger partial charge in [0.2, 0.25) is 0 Å². The standard InChI is InChI=1S/4C6H14O.4C5H12O.2C4H10O.C3H8O/c1-5-7-6(2,3)4;1-4-5-6(2)7-3;1-4-6(3)7-5-2;1-3-5-6-7-4-2;1-4-5(2)6-3;2*1-4-6-5(2)3;1-3-5-6-4-2;1-4(2)5-3;1-3-5-4-2;1-3-4-2/h5H2,1-4H3;2*6H,4-5H2,1-3H3;3-6H2,1-2H3;3*5H,4H2,1-3H3;3-5H2,1-2H3;4H,1-3H3;3-4H2,1-2H3;3H2,1-2H3. The Morgan fingerprint density at radius 2 is 0.712 bits per heavy atom. The van der Waals surface area contributed by atoms with E-state index in [-0.39, 0.29) is 5.60 Å². The largest absolute Gasteiger partial charge is 0.385 e. The molecule has 3 unspecified atom stereocenters. The van der Waals surface area contributed by atoms with Gasteiger partial charge in [0.25, 0.3) is 0 Å². The molecule has 0 saturated carbocycles. The minimum atomic E-state index is 0.0503. The lowest BCUT2D eigenvalue weighted by molar-refractivity contribution is 0.00530. The van der Waals surface area contributed by atoms with Gasteiger partial charge in [-0.2, -0.15) is 0 Å². The first kappa shape index (κ1) is 91.8. The summed E-state index contributed by atoms with van der Waals surface area (Å²) in [5.41, 5.74) is 0.0503. The smallest absolute Gasteiger partial charge is 0.0598 e. The van der Waals surface area contributed by atoms with Crippen molar-refractivity contribution in [3.8, 4) is 0 Å². The Balaban J connectivity index is -0.0000000562. The zero-order valence-electron chi connectivity index (χ0n) is 51.2. The van der Waals surface area contributed by atoms with Crippen molar-refractivity contribution in [1.82, 2.24) is 0 Å². The molecule has 0 N–H and O–H groups in total. The van der Waals surface area contributed by atoms with E-state index < -0.39 is 0 Å². The van der Waals surface area contributed by atoms with E-state index in [9.17, 15) is 0 Å². The van der Waals surface area contributed by atoms with Crippen LogP contribution in [0.1, 0.15) is 225 Å². The SMILES string of the molecule is CCC(C)OC.CCCC(C)OC.CCCCOCC.CCCOCC.CCOC.CCOC(C)(C)C.CCOC(C)C.CCOC(C)C.CCOC(C)CC.CCOCC.COC(C)C. The Hall–Kier alpha value is -0.440. The van der Waals surface area contributed by atoms with Gasteiger partial charge in [-0.25, -0.2) is 0 Å². The first-order valence-corrected chi connectivity index (χ1v) is 26.2. The Morgan fingerprint density at radius 1 is 0.348 bits per heavy atom. The summed E-state index contributed by atoms with van der Waals surface area (Å²) in [6, 6.07) is 0. The fourth-order valence-corrected chi connectivity index (χ4v) is 3.08. The van der Waals surface area contributed by atoms with Crippen LogP contribution in [-0.2, 0) is 52.1 Å². The topological polar surface area (TPSA) is 102 Å². The maximum absolute atomic E-state index is 5.23. The van der Waals surface area contributed by atoms with Crippen LogP contribution in [0.4, 0.5) is 0 Å². The lowest BCUT2D eigenvalue weighted by Gasteiger charge is -2.17. The van der Waals surface area contributed by atoms with Crippen LogP contribution in [0, 0.1) is 0 Å². The summed E-state index contributed by atoms with van der Waals surface area (Å²) in [6.45, 7) is 62.6. The number of unbranched alkanes of at least 4 members (excludes halogenated alkanes) is 1. The van der Waals surface area contributed by atoms with E-state index in [0.717, 1.165) is 91.9 Å². The molecule has 0 radical (unpaired) electrons. The number of ether oxygens (including phenoxy) is 11. The van der Waals surface area contributed by atoms with Crippen LogP contribution in [0.3, 0.4) is 0 Å². The molecule has 11 heteroatoms. The molecule has 11 nitrogen and oxygen atoms in total. The van der Waals surface area contributed by atoms with Gasteiger partial charge in [-0.1, -0.05) is 47.5 Å². The molecule has 0 amide bonds. The normalized spacial score (nSPS) is 11.0. The monoisotopic (exact) mass is 969 g/mol. The molecule has 0 aliphatic carbocycles. The van der Waals surface area contributed by atoms with E-state index in [1.165, 1.54) is 25.7 Å². The van der Waals surface area contributed by atoms with Gasteiger partial charge >= 0.3 is 0 Å². The predicted molar refractivity (Wildman–Crippen MR) is 294 cm³/mol. The fourth-order valence-electron chi connectivity index (χ4n) is 3.08. The number of hydrogen-bond donors (Lipinski definition) is 0. The average molecular weight is 970 g/mol. The summed E-state index contributed by atoms with van der Waals surface area (Å²) in [5.74, 6) is 0. The molecule has 0 rings (SSSR count). The second-order valence-electron chi connectivity index (χ2n) is 15.9. The Labute approximate surface area is 419 Å². The van der Waals surface area contributed by atoms with E-state index in [1.54, 1.807) is 28.4 Å². The van der Waals surface area contributed by atoms with E-state index in [0.29, 0.717) is 36.6 Å². The van der Waals surface area contributed by atoms with Crippen LogP contribution in [0.5, 0.6) is 0 Å². The van der Waals surface area contributed by atoms with Crippen molar-refractivity contribution in [1.29, 1.82) is 0 Å². The first-order valence-electron chi connectivity index (χ1n) is 26.2. The molecule has 0 aliphatic rings. The van der Waals surface area contributed by atoms with Crippen molar-refractivity contribution in [3.63, 3.8) is 0 Å². The Morgan fingerprint density at radius 3 is 0.803 bits per heavy atom. The minimum Gasteiger partial charge on any atom is -0.385 e. The molecule has 0 spiro atoms. The Bertz CT molecular complexity index is 597. The predicted octanol–water partition coefficient (Wildman–Crippen LogP) is 15.8. The summed E-state index contributed by atoms with van der Waals surface area (Å²) < 4.78 is 54.6. The van der Waals surface area contributed by atoms with Crippen LogP contribution in [0.15, 0.2) is 0 Å². The third-order valence-electron chi connectivity index (χ3n) is 7.25. The highest BCUT2D eigenvalue weighted by atomic mass is 16.5. The number of rotatable bonds is 24. The quantitative estimate of drug-likeness (QED) is 0.0864. The first-order chi connectivity index (χ1) is 31.0. The molecule has 0 aromatic rings. The van der Waals surface area contributed by atoms with Crippen molar-refractivity contribution < 1.29 is 52.1 Å². The lowest BCUT2D eigenvalue weighted by Crippen LogP contribution is -2.18. The van der Waals surface area contributed by atoms with Crippen LogP contribution in [0.25, 0.3) is 0 Å². The van der Waals surface area contributed by atoms with Gasteiger partial charge in [-0.05, 0) is 178 Å². The minimum absolute atomic E-state index is 0.0503. The van der Waals surface area contributed by atoms with Crippen molar-refractivity contribution in [2.24, 2.45) is 0 Å². The van der Waals surface area contributed by atoms with Crippen molar-refractivity contribution >= 4 is 0 Å². The molecular formula is C55H132O11. The van der Waals surface area contributed by atoms with Crippen LogP contribution < -0.4 is 0 Å². The van der Waals surface area contributed by atoms with Crippen molar-refractivity contribution in [2.75, 3.05) is 101 Å². The third kappa shape index (κ3) is 197. The van der Waals surface area contributed by atoms with Gasteiger partial charge in [0, 0.05) is 101 Å². The van der Waals surface area contributed by atoms with E-state index in [2.05, 4.69) is 80.9 Å². The molecule has 0 saturated heterocycles. The highest BCUT2D eigenvalue weighted by Crippen LogP contribution is 2.04.